The van der Waals surface area contributed by atoms with Crippen LogP contribution in [-0.4, -0.2) is 22.9 Å². The van der Waals surface area contributed by atoms with Crippen LogP contribution >= 0.6 is 0 Å². The normalized spacial score (nSPS) is 24.5. The van der Waals surface area contributed by atoms with Crippen molar-refractivity contribution in [1.29, 1.82) is 0 Å². The van der Waals surface area contributed by atoms with E-state index in [1.165, 1.54) is 0 Å². The minimum Gasteiger partial charge on any atom is -0.443 e. The van der Waals surface area contributed by atoms with Gasteiger partial charge < -0.3 is 9.84 Å². The van der Waals surface area contributed by atoms with Crippen LogP contribution < -0.4 is 5.32 Å². The monoisotopic (exact) mass is 239 g/mol. The van der Waals surface area contributed by atoms with Gasteiger partial charge in [0.1, 0.15) is 5.60 Å². The van der Waals surface area contributed by atoms with Gasteiger partial charge in [0.2, 0.25) is 0 Å². The number of carbonyl (C=O) groups excluding carboxylic acids is 1. The van der Waals surface area contributed by atoms with Crippen molar-refractivity contribution in [2.75, 3.05) is 0 Å². The summed E-state index contributed by atoms with van der Waals surface area (Å²) in [6, 6.07) is 2.64. The quantitative estimate of drug-likeness (QED) is 0.502. The molecule has 0 bridgehead atoms. The van der Waals surface area contributed by atoms with E-state index < -0.39 is 11.7 Å². The molecule has 1 fully saturated rings. The minimum absolute atomic E-state index is 0.174. The molecular formula is C13H21NO3. The number of nitrogens with one attached hydrogen (secondary N) is 1. The largest absolute Gasteiger partial charge is 0.443 e. The van der Waals surface area contributed by atoms with Gasteiger partial charge in [0.25, 0.3) is 0 Å². The lowest BCUT2D eigenvalue weighted by molar-refractivity contribution is 0.0557. The lowest BCUT2D eigenvalue weighted by atomic mass is 9.88. The Kier molecular flexibility index (Phi) is 4.83. The van der Waals surface area contributed by atoms with E-state index in [-0.39, 0.29) is 12.0 Å². The number of hydrogen-bond donors (Lipinski definition) is 2. The molecule has 1 amide bonds. The molecule has 1 saturated carbocycles. The molecule has 0 aromatic carbocycles. The Morgan fingerprint density at radius 1 is 1.29 bits per heavy atom. The maximum Gasteiger partial charge on any atom is 0.419 e. The van der Waals surface area contributed by atoms with Crippen molar-refractivity contribution in [3.8, 4) is 12.0 Å². The summed E-state index contributed by atoms with van der Waals surface area (Å²) >= 11 is 0. The molecule has 0 saturated heterocycles. The van der Waals surface area contributed by atoms with E-state index in [0.29, 0.717) is 0 Å². The Morgan fingerprint density at radius 3 is 2.41 bits per heavy atom. The summed E-state index contributed by atoms with van der Waals surface area (Å²) in [6.45, 7) is 5.42. The SMILES string of the molecule is CC(C)(C)OC(=O)NC#CC1CCC(O)CC1. The summed E-state index contributed by atoms with van der Waals surface area (Å²) in [4.78, 5) is 11.3. The van der Waals surface area contributed by atoms with E-state index in [9.17, 15) is 9.90 Å². The fourth-order valence-electron chi connectivity index (χ4n) is 1.71. The van der Waals surface area contributed by atoms with Crippen molar-refractivity contribution < 1.29 is 14.6 Å². The van der Waals surface area contributed by atoms with Gasteiger partial charge >= 0.3 is 6.09 Å². The first-order chi connectivity index (χ1) is 7.87. The zero-order chi connectivity index (χ0) is 12.9. The minimum atomic E-state index is -0.513. The van der Waals surface area contributed by atoms with Crippen LogP contribution in [0.2, 0.25) is 0 Å². The van der Waals surface area contributed by atoms with Gasteiger partial charge in [-0.05, 0) is 46.5 Å². The average Bonchev–Trinajstić information content (AvgIpc) is 2.18. The van der Waals surface area contributed by atoms with Gasteiger partial charge in [0.15, 0.2) is 0 Å². The highest BCUT2D eigenvalue weighted by atomic mass is 16.6. The molecule has 0 aliphatic heterocycles. The van der Waals surface area contributed by atoms with E-state index in [0.717, 1.165) is 25.7 Å². The van der Waals surface area contributed by atoms with Crippen LogP contribution in [0.3, 0.4) is 0 Å². The Bertz CT molecular complexity index is 314. The zero-order valence-electron chi connectivity index (χ0n) is 10.7. The standard InChI is InChI=1S/C13H21NO3/c1-13(2,3)17-12(16)14-9-8-10-4-6-11(15)7-5-10/h10-11,15H,4-7H2,1-3H3,(H,14,16). The van der Waals surface area contributed by atoms with Crippen LogP contribution in [0.25, 0.3) is 0 Å². The van der Waals surface area contributed by atoms with Gasteiger partial charge in [-0.2, -0.15) is 0 Å². The van der Waals surface area contributed by atoms with E-state index >= 15 is 0 Å². The average molecular weight is 239 g/mol. The number of aliphatic hydroxyl groups excluding tert-OH is 1. The summed E-state index contributed by atoms with van der Waals surface area (Å²) in [6.07, 6.45) is 2.69. The highest BCUT2D eigenvalue weighted by Gasteiger charge is 2.18. The number of ether oxygens (including phenoxy) is 1. The molecule has 0 atom stereocenters. The van der Waals surface area contributed by atoms with E-state index in [1.807, 2.05) is 20.8 Å². The fraction of sp³-hybridized carbons (Fsp3) is 0.769. The molecule has 0 aromatic heterocycles. The Morgan fingerprint density at radius 2 is 1.88 bits per heavy atom. The topological polar surface area (TPSA) is 58.6 Å². The van der Waals surface area contributed by atoms with Crippen molar-refractivity contribution in [3.05, 3.63) is 0 Å². The smallest absolute Gasteiger partial charge is 0.419 e. The lowest BCUT2D eigenvalue weighted by Crippen LogP contribution is -2.30. The van der Waals surface area contributed by atoms with Crippen LogP contribution in [-0.2, 0) is 4.74 Å². The second-order valence-electron chi connectivity index (χ2n) is 5.40. The van der Waals surface area contributed by atoms with Crippen LogP contribution in [0.1, 0.15) is 46.5 Å². The fourth-order valence-corrected chi connectivity index (χ4v) is 1.71. The van der Waals surface area contributed by atoms with Crippen molar-refractivity contribution in [3.63, 3.8) is 0 Å². The van der Waals surface area contributed by atoms with Crippen LogP contribution in [0.5, 0.6) is 0 Å². The van der Waals surface area contributed by atoms with Gasteiger partial charge in [-0.15, -0.1) is 0 Å². The molecule has 1 aliphatic rings. The van der Waals surface area contributed by atoms with Crippen molar-refractivity contribution in [2.45, 2.75) is 58.2 Å². The maximum absolute atomic E-state index is 11.3. The molecule has 2 N–H and O–H groups in total. The summed E-state index contributed by atoms with van der Waals surface area (Å²) < 4.78 is 5.05. The number of alkyl carbamates (subject to hydrolysis) is 1. The Hall–Kier alpha value is -1.21. The molecule has 0 spiro atoms. The first-order valence-electron chi connectivity index (χ1n) is 6.04. The third kappa shape index (κ3) is 6.18. The lowest BCUT2D eigenvalue weighted by Gasteiger charge is -2.21. The summed E-state index contributed by atoms with van der Waals surface area (Å²) in [5.74, 6) is 3.26. The number of aliphatic hydroxyl groups is 1. The molecule has 1 aliphatic carbocycles. The first-order valence-corrected chi connectivity index (χ1v) is 6.04. The second-order valence-corrected chi connectivity index (χ2v) is 5.40. The van der Waals surface area contributed by atoms with Gasteiger partial charge in [-0.25, -0.2) is 10.1 Å². The van der Waals surface area contributed by atoms with E-state index in [4.69, 9.17) is 4.74 Å². The molecule has 0 aromatic rings. The molecule has 1 rings (SSSR count). The predicted molar refractivity (Wildman–Crippen MR) is 65.1 cm³/mol. The molecule has 4 heteroatoms. The molecule has 0 radical (unpaired) electrons. The number of rotatable bonds is 0. The highest BCUT2D eigenvalue weighted by Crippen LogP contribution is 2.23. The van der Waals surface area contributed by atoms with Crippen molar-refractivity contribution >= 4 is 6.09 Å². The predicted octanol–water partition coefficient (Wildman–Crippen LogP) is 2.02. The first kappa shape index (κ1) is 13.9. The summed E-state index contributed by atoms with van der Waals surface area (Å²) in [5, 5.41) is 11.7. The molecule has 17 heavy (non-hydrogen) atoms. The third-order valence-corrected chi connectivity index (χ3v) is 2.54. The van der Waals surface area contributed by atoms with E-state index in [1.54, 1.807) is 0 Å². The van der Waals surface area contributed by atoms with Gasteiger partial charge in [-0.3, -0.25) is 0 Å². The molecule has 0 unspecified atom stereocenters. The second kappa shape index (κ2) is 5.92. The van der Waals surface area contributed by atoms with E-state index in [2.05, 4.69) is 17.3 Å². The zero-order valence-corrected chi connectivity index (χ0v) is 10.7. The Balaban J connectivity index is 2.29. The number of carbonyl (C=O) groups is 1. The highest BCUT2D eigenvalue weighted by molar-refractivity contribution is 5.69. The summed E-state index contributed by atoms with van der Waals surface area (Å²) in [5.41, 5.74) is -0.499. The van der Waals surface area contributed by atoms with Gasteiger partial charge in [-0.1, -0.05) is 5.92 Å². The number of hydrogen-bond acceptors (Lipinski definition) is 3. The summed E-state index contributed by atoms with van der Waals surface area (Å²) in [7, 11) is 0. The third-order valence-electron chi connectivity index (χ3n) is 2.54. The maximum atomic E-state index is 11.3. The molecule has 96 valence electrons. The molecule has 0 heterocycles. The molecule has 4 nitrogen and oxygen atoms in total. The Labute approximate surface area is 103 Å². The van der Waals surface area contributed by atoms with Crippen LogP contribution in [0.4, 0.5) is 4.79 Å². The van der Waals surface area contributed by atoms with Gasteiger partial charge in [0, 0.05) is 12.0 Å². The van der Waals surface area contributed by atoms with Crippen LogP contribution in [0.15, 0.2) is 0 Å². The van der Waals surface area contributed by atoms with Gasteiger partial charge in [0.05, 0.1) is 6.10 Å². The molecular weight excluding hydrogens is 218 g/mol. The number of amides is 1. The van der Waals surface area contributed by atoms with Crippen molar-refractivity contribution in [1.82, 2.24) is 5.32 Å². The van der Waals surface area contributed by atoms with Crippen molar-refractivity contribution in [2.24, 2.45) is 5.92 Å². The van der Waals surface area contributed by atoms with Crippen LogP contribution in [0, 0.1) is 17.9 Å².